The topological polar surface area (TPSA) is 75.5 Å². The van der Waals surface area contributed by atoms with Gasteiger partial charge < -0.3 is 10.6 Å². The molecule has 156 valence electrons. The Labute approximate surface area is 172 Å². The van der Waals surface area contributed by atoms with E-state index in [-0.39, 0.29) is 40.0 Å². The maximum Gasteiger partial charge on any atom is 0.253 e. The predicted octanol–water partition coefficient (Wildman–Crippen LogP) is 3.28. The van der Waals surface area contributed by atoms with Crippen LogP contribution in [-0.4, -0.2) is 34.0 Å². The van der Waals surface area contributed by atoms with Crippen molar-refractivity contribution in [3.63, 3.8) is 0 Å². The van der Waals surface area contributed by atoms with Crippen molar-refractivity contribution >= 4 is 17.3 Å². The van der Waals surface area contributed by atoms with Crippen LogP contribution in [0.4, 0.5) is 0 Å². The van der Waals surface area contributed by atoms with Crippen molar-refractivity contribution in [3.8, 4) is 0 Å². The van der Waals surface area contributed by atoms with Crippen LogP contribution in [0.2, 0.25) is 0 Å². The highest BCUT2D eigenvalue weighted by atomic mass is 16.2. The number of aromatic nitrogens is 2. The first-order valence-corrected chi connectivity index (χ1v) is 10.5. The van der Waals surface area contributed by atoms with Crippen LogP contribution in [0, 0.1) is 28.1 Å². The van der Waals surface area contributed by atoms with Crippen LogP contribution in [0.5, 0.6) is 0 Å². The van der Waals surface area contributed by atoms with Crippen LogP contribution >= 0.6 is 0 Å². The van der Waals surface area contributed by atoms with Gasteiger partial charge in [0.2, 0.25) is 5.91 Å². The number of nitrogens with zero attached hydrogens (tertiary/aromatic N) is 2. The molecule has 6 nitrogen and oxygen atoms in total. The standard InChI is InChI=1S/C23H32N4O2/c1-21(2)14(13-24-20(29)18-22(3,4)23(18,5)6)12-17(21)26-19(28)15-8-7-11-27-16(15)9-10-25-27/h7-11,14,17-18H,12-13H2,1-6H3,(H,24,29)(H,26,28). The van der Waals surface area contributed by atoms with E-state index < -0.39 is 0 Å². The first kappa shape index (κ1) is 19.9. The molecule has 2 heterocycles. The summed E-state index contributed by atoms with van der Waals surface area (Å²) in [6.45, 7) is 13.7. The van der Waals surface area contributed by atoms with Gasteiger partial charge in [-0.3, -0.25) is 9.59 Å². The summed E-state index contributed by atoms with van der Waals surface area (Å²) in [6.07, 6.45) is 4.40. The number of rotatable bonds is 5. The first-order chi connectivity index (χ1) is 13.5. The lowest BCUT2D eigenvalue weighted by atomic mass is 9.58. The Morgan fingerprint density at radius 1 is 1.14 bits per heavy atom. The fourth-order valence-electron chi connectivity index (χ4n) is 5.17. The molecule has 2 aliphatic rings. The average Bonchev–Trinajstić information content (AvgIpc) is 2.96. The second-order valence-electron chi connectivity index (χ2n) is 10.5. The largest absolute Gasteiger partial charge is 0.356 e. The summed E-state index contributed by atoms with van der Waals surface area (Å²) in [7, 11) is 0. The van der Waals surface area contributed by atoms with E-state index in [4.69, 9.17) is 0 Å². The first-order valence-electron chi connectivity index (χ1n) is 10.5. The van der Waals surface area contributed by atoms with Crippen LogP contribution in [0.25, 0.3) is 5.52 Å². The molecule has 0 saturated heterocycles. The summed E-state index contributed by atoms with van der Waals surface area (Å²) >= 11 is 0. The molecule has 0 aliphatic heterocycles. The van der Waals surface area contributed by atoms with Crippen molar-refractivity contribution in [1.29, 1.82) is 0 Å². The maximum absolute atomic E-state index is 12.8. The number of carbonyl (C=O) groups is 2. The molecule has 29 heavy (non-hydrogen) atoms. The Kier molecular flexibility index (Phi) is 4.34. The molecular weight excluding hydrogens is 364 g/mol. The number of amides is 2. The smallest absolute Gasteiger partial charge is 0.253 e. The van der Waals surface area contributed by atoms with E-state index in [0.29, 0.717) is 18.0 Å². The predicted molar refractivity (Wildman–Crippen MR) is 112 cm³/mol. The van der Waals surface area contributed by atoms with Crippen LogP contribution < -0.4 is 10.6 Å². The molecule has 2 aromatic rings. The van der Waals surface area contributed by atoms with E-state index in [1.807, 2.05) is 24.4 Å². The summed E-state index contributed by atoms with van der Waals surface area (Å²) in [6, 6.07) is 5.60. The van der Waals surface area contributed by atoms with Gasteiger partial charge in [0, 0.05) is 24.7 Å². The fourth-order valence-corrected chi connectivity index (χ4v) is 5.17. The van der Waals surface area contributed by atoms with Crippen LogP contribution in [0.15, 0.2) is 30.6 Å². The number of hydrogen-bond donors (Lipinski definition) is 2. The lowest BCUT2D eigenvalue weighted by Gasteiger charge is -2.52. The molecule has 2 saturated carbocycles. The second kappa shape index (κ2) is 6.31. The zero-order valence-corrected chi connectivity index (χ0v) is 18.2. The Balaban J connectivity index is 1.34. The Hall–Kier alpha value is -2.37. The van der Waals surface area contributed by atoms with Gasteiger partial charge in [-0.2, -0.15) is 5.10 Å². The molecule has 2 unspecified atom stereocenters. The Bertz CT molecular complexity index is 958. The van der Waals surface area contributed by atoms with Gasteiger partial charge >= 0.3 is 0 Å². The molecule has 0 radical (unpaired) electrons. The highest BCUT2D eigenvalue weighted by Crippen LogP contribution is 2.68. The quantitative estimate of drug-likeness (QED) is 0.814. The van der Waals surface area contributed by atoms with E-state index in [0.717, 1.165) is 11.9 Å². The van der Waals surface area contributed by atoms with Crippen molar-refractivity contribution in [2.45, 2.75) is 54.0 Å². The molecule has 0 spiro atoms. The Morgan fingerprint density at radius 2 is 1.83 bits per heavy atom. The lowest BCUT2D eigenvalue weighted by Crippen LogP contribution is -2.60. The van der Waals surface area contributed by atoms with Gasteiger partial charge in [-0.05, 0) is 46.8 Å². The fraction of sp³-hybridized carbons (Fsp3) is 0.609. The minimum absolute atomic E-state index is 0.0530. The van der Waals surface area contributed by atoms with Gasteiger partial charge in [-0.1, -0.05) is 41.5 Å². The Morgan fingerprint density at radius 3 is 2.45 bits per heavy atom. The number of carbonyl (C=O) groups excluding carboxylic acids is 2. The normalized spacial score (nSPS) is 26.6. The van der Waals surface area contributed by atoms with Crippen molar-refractivity contribution < 1.29 is 9.59 Å². The summed E-state index contributed by atoms with van der Waals surface area (Å²) in [5, 5.41) is 10.6. The van der Waals surface area contributed by atoms with Crippen LogP contribution in [0.3, 0.4) is 0 Å². The third-order valence-electron chi connectivity index (χ3n) is 8.26. The van der Waals surface area contributed by atoms with Gasteiger partial charge in [0.1, 0.15) is 0 Å². The molecule has 2 N–H and O–H groups in total. The van der Waals surface area contributed by atoms with Crippen LogP contribution in [0.1, 0.15) is 58.3 Å². The second-order valence-corrected chi connectivity index (χ2v) is 10.5. The van der Waals surface area contributed by atoms with Gasteiger partial charge in [-0.25, -0.2) is 4.52 Å². The molecule has 2 atom stereocenters. The number of fused-ring (bicyclic) bond motifs is 1. The molecule has 0 bridgehead atoms. The zero-order valence-electron chi connectivity index (χ0n) is 18.2. The average molecular weight is 397 g/mol. The van der Waals surface area contributed by atoms with Crippen molar-refractivity contribution in [2.75, 3.05) is 6.54 Å². The third-order valence-corrected chi connectivity index (χ3v) is 8.26. The molecule has 6 heteroatoms. The minimum Gasteiger partial charge on any atom is -0.356 e. The molecule has 2 aliphatic carbocycles. The summed E-state index contributed by atoms with van der Waals surface area (Å²) in [5.41, 5.74) is 1.48. The maximum atomic E-state index is 12.8. The number of hydrogen-bond acceptors (Lipinski definition) is 3. The van der Waals surface area contributed by atoms with Crippen molar-refractivity contribution in [1.82, 2.24) is 20.2 Å². The summed E-state index contributed by atoms with van der Waals surface area (Å²) < 4.78 is 1.71. The minimum atomic E-state index is -0.0712. The highest BCUT2D eigenvalue weighted by molar-refractivity contribution is 6.00. The molecule has 4 rings (SSSR count). The number of nitrogens with one attached hydrogen (secondary N) is 2. The van der Waals surface area contributed by atoms with Crippen molar-refractivity contribution in [2.24, 2.45) is 28.1 Å². The van der Waals surface area contributed by atoms with Gasteiger partial charge in [0.05, 0.1) is 17.3 Å². The van der Waals surface area contributed by atoms with Crippen LogP contribution in [-0.2, 0) is 4.79 Å². The van der Waals surface area contributed by atoms with E-state index in [1.165, 1.54) is 0 Å². The van der Waals surface area contributed by atoms with Gasteiger partial charge in [0.25, 0.3) is 5.91 Å². The molecule has 0 aromatic carbocycles. The van der Waals surface area contributed by atoms with Gasteiger partial charge in [0.15, 0.2) is 0 Å². The SMILES string of the molecule is CC1(C)C(CNC(=O)C2C(C)(C)C2(C)C)CC1NC(=O)c1cccn2nccc12. The monoisotopic (exact) mass is 396 g/mol. The molecule has 2 aromatic heterocycles. The zero-order chi connectivity index (χ0) is 21.2. The molecule has 2 amide bonds. The van der Waals surface area contributed by atoms with E-state index in [9.17, 15) is 9.59 Å². The number of pyridine rings is 1. The van der Waals surface area contributed by atoms with E-state index in [2.05, 4.69) is 57.3 Å². The third kappa shape index (κ3) is 2.95. The summed E-state index contributed by atoms with van der Waals surface area (Å²) in [4.78, 5) is 25.5. The molecular formula is C23H32N4O2. The highest BCUT2D eigenvalue weighted by Gasteiger charge is 2.68. The van der Waals surface area contributed by atoms with E-state index in [1.54, 1.807) is 10.7 Å². The molecule has 2 fully saturated rings. The lowest BCUT2D eigenvalue weighted by molar-refractivity contribution is -0.124. The summed E-state index contributed by atoms with van der Waals surface area (Å²) in [5.74, 6) is 0.520. The van der Waals surface area contributed by atoms with Crippen molar-refractivity contribution in [3.05, 3.63) is 36.2 Å². The van der Waals surface area contributed by atoms with E-state index >= 15 is 0 Å². The van der Waals surface area contributed by atoms with Gasteiger partial charge in [-0.15, -0.1) is 0 Å².